The largest absolute Gasteiger partial charge is 0.270 e. The second-order valence-electron chi connectivity index (χ2n) is 3.21. The number of nitro benzene ring substituents is 1. The van der Waals surface area contributed by atoms with Crippen molar-refractivity contribution < 1.29 is 9.85 Å². The van der Waals surface area contributed by atoms with E-state index in [4.69, 9.17) is 11.6 Å². The van der Waals surface area contributed by atoms with Crippen molar-refractivity contribution in [1.82, 2.24) is 0 Å². The molecule has 0 aliphatic heterocycles. The number of nitro groups is 2. The minimum absolute atomic E-state index is 0.0487. The Kier molecular flexibility index (Phi) is 4.17. The summed E-state index contributed by atoms with van der Waals surface area (Å²) in [5.74, 6) is 0. The molecule has 0 atom stereocenters. The molecule has 0 N–H and O–H groups in total. The van der Waals surface area contributed by atoms with Gasteiger partial charge < -0.3 is 0 Å². The first-order valence-corrected chi connectivity index (χ1v) is 5.12. The molecular formula is C10H9ClN2O4. The molecule has 0 fully saturated rings. The molecule has 90 valence electrons. The molecule has 0 amide bonds. The molecule has 1 aromatic carbocycles. The van der Waals surface area contributed by atoms with Crippen LogP contribution >= 0.6 is 11.6 Å². The van der Waals surface area contributed by atoms with Crippen molar-refractivity contribution in [2.45, 2.75) is 13.3 Å². The lowest BCUT2D eigenvalue weighted by atomic mass is 10.1. The summed E-state index contributed by atoms with van der Waals surface area (Å²) in [6, 6.07) is 3.80. The van der Waals surface area contributed by atoms with Crippen LogP contribution in [0.2, 0.25) is 5.02 Å². The van der Waals surface area contributed by atoms with Gasteiger partial charge >= 0.3 is 0 Å². The number of hydrogen-bond donors (Lipinski definition) is 0. The molecule has 0 saturated carbocycles. The predicted molar refractivity (Wildman–Crippen MR) is 63.4 cm³/mol. The summed E-state index contributed by atoms with van der Waals surface area (Å²) in [5, 5.41) is 21.4. The number of rotatable bonds is 4. The van der Waals surface area contributed by atoms with E-state index >= 15 is 0 Å². The number of benzene rings is 1. The van der Waals surface area contributed by atoms with Gasteiger partial charge in [-0.25, -0.2) is 0 Å². The second kappa shape index (κ2) is 5.40. The van der Waals surface area contributed by atoms with Crippen LogP contribution in [0.15, 0.2) is 23.9 Å². The fraction of sp³-hybridized carbons (Fsp3) is 0.200. The lowest BCUT2D eigenvalue weighted by Gasteiger charge is -1.99. The van der Waals surface area contributed by atoms with E-state index in [0.717, 1.165) is 0 Å². The van der Waals surface area contributed by atoms with Gasteiger partial charge in [0.2, 0.25) is 5.70 Å². The lowest BCUT2D eigenvalue weighted by Crippen LogP contribution is -1.97. The zero-order valence-corrected chi connectivity index (χ0v) is 9.68. The van der Waals surface area contributed by atoms with Crippen LogP contribution in [-0.2, 0) is 0 Å². The maximum atomic E-state index is 10.6. The van der Waals surface area contributed by atoms with E-state index in [1.807, 2.05) is 0 Å². The van der Waals surface area contributed by atoms with E-state index in [1.165, 1.54) is 24.3 Å². The van der Waals surface area contributed by atoms with E-state index < -0.39 is 9.85 Å². The first-order valence-electron chi connectivity index (χ1n) is 4.74. The first kappa shape index (κ1) is 13.1. The van der Waals surface area contributed by atoms with Gasteiger partial charge in [0, 0.05) is 35.2 Å². The summed E-state index contributed by atoms with van der Waals surface area (Å²) >= 11 is 5.82. The standard InChI is InChI=1S/C10H9ClN2O4/c1-2-8(12(14)15)5-7-6-9(13(16)17)3-4-10(7)11/h3-6H,2H2,1H3/b8-5+. The highest BCUT2D eigenvalue weighted by atomic mass is 35.5. The number of hydrogen-bond acceptors (Lipinski definition) is 4. The Morgan fingerprint density at radius 3 is 2.53 bits per heavy atom. The van der Waals surface area contributed by atoms with Crippen molar-refractivity contribution in [1.29, 1.82) is 0 Å². The Hall–Kier alpha value is -1.95. The molecule has 17 heavy (non-hydrogen) atoms. The van der Waals surface area contributed by atoms with E-state index in [2.05, 4.69) is 0 Å². The fourth-order valence-electron chi connectivity index (χ4n) is 1.22. The van der Waals surface area contributed by atoms with Gasteiger partial charge in [-0.15, -0.1) is 0 Å². The monoisotopic (exact) mass is 256 g/mol. The van der Waals surface area contributed by atoms with Crippen LogP contribution in [-0.4, -0.2) is 9.85 Å². The average molecular weight is 257 g/mol. The minimum atomic E-state index is -0.578. The minimum Gasteiger partial charge on any atom is -0.259 e. The maximum Gasteiger partial charge on any atom is 0.270 e. The van der Waals surface area contributed by atoms with Crippen molar-refractivity contribution in [2.24, 2.45) is 0 Å². The molecule has 0 aromatic heterocycles. The summed E-state index contributed by atoms with van der Waals surface area (Å²) in [4.78, 5) is 20.1. The van der Waals surface area contributed by atoms with Gasteiger partial charge in [0.1, 0.15) is 0 Å². The second-order valence-corrected chi connectivity index (χ2v) is 3.62. The third-order valence-electron chi connectivity index (χ3n) is 2.11. The quantitative estimate of drug-likeness (QED) is 0.611. The molecular weight excluding hydrogens is 248 g/mol. The smallest absolute Gasteiger partial charge is 0.259 e. The number of non-ortho nitro benzene ring substituents is 1. The number of nitrogens with zero attached hydrogens (tertiary/aromatic N) is 2. The van der Waals surface area contributed by atoms with Crippen LogP contribution in [0.1, 0.15) is 18.9 Å². The predicted octanol–water partition coefficient (Wildman–Crippen LogP) is 3.28. The van der Waals surface area contributed by atoms with Crippen molar-refractivity contribution >= 4 is 23.4 Å². The molecule has 1 rings (SSSR count). The zero-order valence-electron chi connectivity index (χ0n) is 8.92. The van der Waals surface area contributed by atoms with Crippen molar-refractivity contribution in [3.8, 4) is 0 Å². The van der Waals surface area contributed by atoms with Crippen molar-refractivity contribution in [2.75, 3.05) is 0 Å². The first-order chi connectivity index (χ1) is 7.95. The van der Waals surface area contributed by atoms with Crippen LogP contribution in [0.25, 0.3) is 6.08 Å². The Bertz CT molecular complexity index is 499. The van der Waals surface area contributed by atoms with Gasteiger partial charge in [-0.05, 0) is 6.07 Å². The van der Waals surface area contributed by atoms with Gasteiger partial charge in [-0.2, -0.15) is 0 Å². The zero-order chi connectivity index (χ0) is 13.0. The molecule has 0 aliphatic carbocycles. The lowest BCUT2D eigenvalue weighted by molar-refractivity contribution is -0.425. The Morgan fingerprint density at radius 2 is 2.06 bits per heavy atom. The van der Waals surface area contributed by atoms with Crippen molar-refractivity contribution in [3.63, 3.8) is 0 Å². The normalized spacial score (nSPS) is 11.3. The molecule has 0 aliphatic rings. The highest BCUT2D eigenvalue weighted by Gasteiger charge is 2.12. The maximum absolute atomic E-state index is 10.6. The van der Waals surface area contributed by atoms with Gasteiger partial charge in [0.15, 0.2) is 0 Å². The van der Waals surface area contributed by atoms with Crippen LogP contribution in [0, 0.1) is 20.2 Å². The third-order valence-corrected chi connectivity index (χ3v) is 2.45. The molecule has 0 saturated heterocycles. The number of allylic oxidation sites excluding steroid dienone is 1. The van der Waals surface area contributed by atoms with Gasteiger partial charge in [-0.3, -0.25) is 20.2 Å². The molecule has 1 aromatic rings. The summed E-state index contributed by atoms with van der Waals surface area (Å²) in [5.41, 5.74) is 0.0706. The molecule has 0 bridgehead atoms. The Labute approximate surface area is 102 Å². The van der Waals surface area contributed by atoms with E-state index in [1.54, 1.807) is 6.92 Å². The molecule has 0 unspecified atom stereocenters. The Balaban J connectivity index is 3.25. The SMILES string of the molecule is CC/C(=C\c1cc([N+](=O)[O-])ccc1Cl)[N+](=O)[O-]. The fourth-order valence-corrected chi connectivity index (χ4v) is 1.39. The van der Waals surface area contributed by atoms with E-state index in [-0.39, 0.29) is 28.4 Å². The topological polar surface area (TPSA) is 86.3 Å². The molecule has 7 heteroatoms. The number of halogens is 1. The van der Waals surface area contributed by atoms with Gasteiger partial charge in [0.05, 0.1) is 9.85 Å². The van der Waals surface area contributed by atoms with Crippen LogP contribution < -0.4 is 0 Å². The molecule has 0 radical (unpaired) electrons. The van der Waals surface area contributed by atoms with Crippen LogP contribution in [0.3, 0.4) is 0 Å². The summed E-state index contributed by atoms with van der Waals surface area (Å²) in [7, 11) is 0. The molecule has 0 spiro atoms. The summed E-state index contributed by atoms with van der Waals surface area (Å²) in [6.07, 6.45) is 1.46. The molecule has 0 heterocycles. The summed E-state index contributed by atoms with van der Waals surface area (Å²) < 4.78 is 0. The van der Waals surface area contributed by atoms with Crippen LogP contribution in [0.4, 0.5) is 5.69 Å². The van der Waals surface area contributed by atoms with Gasteiger partial charge in [0.25, 0.3) is 5.69 Å². The highest BCUT2D eigenvalue weighted by Crippen LogP contribution is 2.24. The van der Waals surface area contributed by atoms with E-state index in [0.29, 0.717) is 0 Å². The van der Waals surface area contributed by atoms with Gasteiger partial charge in [-0.1, -0.05) is 18.5 Å². The highest BCUT2D eigenvalue weighted by molar-refractivity contribution is 6.32. The third kappa shape index (κ3) is 3.25. The average Bonchev–Trinajstić information content (AvgIpc) is 2.27. The molecule has 6 nitrogen and oxygen atoms in total. The van der Waals surface area contributed by atoms with Crippen molar-refractivity contribution in [3.05, 3.63) is 54.7 Å². The van der Waals surface area contributed by atoms with E-state index in [9.17, 15) is 20.2 Å². The summed E-state index contributed by atoms with van der Waals surface area (Å²) in [6.45, 7) is 1.62. The Morgan fingerprint density at radius 1 is 1.41 bits per heavy atom. The van der Waals surface area contributed by atoms with Crippen LogP contribution in [0.5, 0.6) is 0 Å².